The number of hydrogen-bond acceptors (Lipinski definition) is 11. The van der Waals surface area contributed by atoms with Gasteiger partial charge in [-0.05, 0) is 44.7 Å². The van der Waals surface area contributed by atoms with Crippen molar-refractivity contribution in [2.75, 3.05) is 13.2 Å². The maximum absolute atomic E-state index is 12.5. The molecule has 212 valence electrons. The number of H-pyrrole nitrogens is 1. The van der Waals surface area contributed by atoms with Crippen LogP contribution in [0.3, 0.4) is 0 Å². The van der Waals surface area contributed by atoms with E-state index in [4.69, 9.17) is 41.5 Å². The third kappa shape index (κ3) is 7.63. The van der Waals surface area contributed by atoms with Gasteiger partial charge in [0.05, 0.1) is 6.10 Å². The standard InChI is InChI=1S/C24H30N3O10PS/c1-5-13-33-24(20(30)19(29)21(36-24)27-12-11-18(28)25-23(27)32)14-34-38(39,37-17-9-7-6-8-10-17)26-16(4)22(31)35-15(2)3/h1,6-12,15-16,19-21,29-30H,13-14H2,2-4H3,(H,26,39)(H,25,28,32). The van der Waals surface area contributed by atoms with Gasteiger partial charge in [0.2, 0.25) is 5.79 Å². The Hall–Kier alpha value is -2.86. The molecule has 3 rings (SSSR count). The monoisotopic (exact) mass is 583 g/mol. The Morgan fingerprint density at radius 1 is 1.28 bits per heavy atom. The van der Waals surface area contributed by atoms with Gasteiger partial charge in [-0.25, -0.2) is 9.88 Å². The molecule has 0 saturated carbocycles. The molecule has 1 aromatic heterocycles. The Kier molecular flexibility index (Phi) is 10.2. The van der Waals surface area contributed by atoms with E-state index in [-0.39, 0.29) is 12.7 Å². The number of carbonyl (C=O) groups is 1. The van der Waals surface area contributed by atoms with Gasteiger partial charge < -0.3 is 33.5 Å². The number of aromatic nitrogens is 2. The molecule has 6 atom stereocenters. The van der Waals surface area contributed by atoms with Crippen LogP contribution in [0.1, 0.15) is 27.0 Å². The molecule has 2 aromatic rings. The number of terminal acetylenes is 1. The van der Waals surface area contributed by atoms with Crippen molar-refractivity contribution in [1.82, 2.24) is 14.6 Å². The lowest BCUT2D eigenvalue weighted by Crippen LogP contribution is -2.50. The number of aliphatic hydroxyl groups excluding tert-OH is 2. The predicted molar refractivity (Wildman–Crippen MR) is 142 cm³/mol. The smallest absolute Gasteiger partial charge is 0.330 e. The molecular formula is C24H30N3O10PS. The van der Waals surface area contributed by atoms with Gasteiger partial charge >= 0.3 is 18.3 Å². The average Bonchev–Trinajstić information content (AvgIpc) is 3.12. The van der Waals surface area contributed by atoms with Gasteiger partial charge in [-0.15, -0.1) is 6.42 Å². The fourth-order valence-corrected chi connectivity index (χ4v) is 5.96. The van der Waals surface area contributed by atoms with E-state index in [1.807, 2.05) is 4.98 Å². The number of carbonyl (C=O) groups excluding carboxylic acids is 1. The first kappa shape index (κ1) is 30.7. The lowest BCUT2D eigenvalue weighted by Gasteiger charge is -2.34. The second kappa shape index (κ2) is 13.0. The highest BCUT2D eigenvalue weighted by atomic mass is 32.5. The van der Waals surface area contributed by atoms with E-state index in [0.29, 0.717) is 5.75 Å². The lowest BCUT2D eigenvalue weighted by atomic mass is 10.1. The highest BCUT2D eigenvalue weighted by Crippen LogP contribution is 2.48. The molecule has 0 bridgehead atoms. The molecule has 1 saturated heterocycles. The van der Waals surface area contributed by atoms with Crippen molar-refractivity contribution in [2.24, 2.45) is 0 Å². The molecule has 4 N–H and O–H groups in total. The summed E-state index contributed by atoms with van der Waals surface area (Å²) in [6.45, 7) is 0.254. The third-order valence-electron chi connectivity index (χ3n) is 5.37. The summed E-state index contributed by atoms with van der Waals surface area (Å²) < 4.78 is 29.4. The van der Waals surface area contributed by atoms with Gasteiger partial charge in [0.25, 0.3) is 5.56 Å². The molecular weight excluding hydrogens is 553 g/mol. The second-order valence-electron chi connectivity index (χ2n) is 8.78. The van der Waals surface area contributed by atoms with Crippen molar-refractivity contribution >= 4 is 24.4 Å². The van der Waals surface area contributed by atoms with E-state index in [0.717, 1.165) is 16.8 Å². The van der Waals surface area contributed by atoms with E-state index in [1.165, 1.54) is 6.92 Å². The number of esters is 1. The Morgan fingerprint density at radius 2 is 1.97 bits per heavy atom. The van der Waals surface area contributed by atoms with Crippen LogP contribution in [0.25, 0.3) is 0 Å². The molecule has 39 heavy (non-hydrogen) atoms. The summed E-state index contributed by atoms with van der Waals surface area (Å²) in [4.78, 5) is 38.3. The summed E-state index contributed by atoms with van der Waals surface area (Å²) in [5.41, 5.74) is -1.57. The molecule has 1 aromatic carbocycles. The first-order chi connectivity index (χ1) is 18.4. The van der Waals surface area contributed by atoms with Gasteiger partial charge in [-0.2, -0.15) is 0 Å². The molecule has 1 aliphatic rings. The van der Waals surface area contributed by atoms with Gasteiger partial charge in [0.15, 0.2) is 6.23 Å². The summed E-state index contributed by atoms with van der Waals surface area (Å²) in [6, 6.07) is 8.49. The SMILES string of the molecule is C#CCOC1(COP(=S)(NC(C)C(=O)OC(C)C)Oc2ccccc2)OC(n2ccc(=O)[nH]c2=O)C(O)C1O. The topological polar surface area (TPSA) is 171 Å². The van der Waals surface area contributed by atoms with Crippen LogP contribution in [-0.4, -0.2) is 69.1 Å². The fraction of sp³-hybridized carbons (Fsp3) is 0.458. The van der Waals surface area contributed by atoms with Crippen molar-refractivity contribution < 1.29 is 38.3 Å². The molecule has 1 aliphatic heterocycles. The number of benzene rings is 1. The van der Waals surface area contributed by atoms with Crippen LogP contribution in [0.15, 0.2) is 52.2 Å². The van der Waals surface area contributed by atoms with Gasteiger partial charge in [0, 0.05) is 12.3 Å². The fourth-order valence-electron chi connectivity index (χ4n) is 3.56. The molecule has 15 heteroatoms. The molecule has 0 aliphatic carbocycles. The van der Waals surface area contributed by atoms with E-state index < -0.39 is 60.7 Å². The van der Waals surface area contributed by atoms with Crippen LogP contribution in [-0.2, 0) is 35.3 Å². The zero-order chi connectivity index (χ0) is 28.8. The number of nitrogens with zero attached hydrogens (tertiary/aromatic N) is 1. The van der Waals surface area contributed by atoms with E-state index >= 15 is 0 Å². The van der Waals surface area contributed by atoms with Crippen molar-refractivity contribution in [3.8, 4) is 18.1 Å². The van der Waals surface area contributed by atoms with Gasteiger partial charge in [-0.3, -0.25) is 19.1 Å². The number of rotatable bonds is 12. The molecule has 13 nitrogen and oxygen atoms in total. The Labute approximate surface area is 229 Å². The molecule has 0 amide bonds. The van der Waals surface area contributed by atoms with Crippen molar-refractivity contribution in [3.63, 3.8) is 0 Å². The first-order valence-electron chi connectivity index (χ1n) is 11.8. The Bertz CT molecular complexity index is 1340. The van der Waals surface area contributed by atoms with Crippen LogP contribution in [0.5, 0.6) is 5.75 Å². The molecule has 2 heterocycles. The highest BCUT2D eigenvalue weighted by molar-refractivity contribution is 8.09. The number of ether oxygens (including phenoxy) is 3. The maximum atomic E-state index is 12.5. The average molecular weight is 584 g/mol. The van der Waals surface area contributed by atoms with E-state index in [9.17, 15) is 24.6 Å². The molecule has 1 fully saturated rings. The lowest BCUT2D eigenvalue weighted by molar-refractivity contribution is -0.273. The third-order valence-corrected chi connectivity index (χ3v) is 7.85. The quantitative estimate of drug-likeness (QED) is 0.154. The summed E-state index contributed by atoms with van der Waals surface area (Å²) in [5.74, 6) is -0.174. The number of nitrogens with one attached hydrogen (secondary N) is 2. The van der Waals surface area contributed by atoms with Gasteiger partial charge in [-0.1, -0.05) is 24.1 Å². The molecule has 0 radical (unpaired) electrons. The van der Waals surface area contributed by atoms with Crippen molar-refractivity contribution in [2.45, 2.75) is 57.1 Å². The van der Waals surface area contributed by atoms with E-state index in [2.05, 4.69) is 11.0 Å². The largest absolute Gasteiger partial charge is 0.462 e. The number of aliphatic hydroxyl groups is 2. The maximum Gasteiger partial charge on any atom is 0.330 e. The molecule has 0 spiro atoms. The summed E-state index contributed by atoms with van der Waals surface area (Å²) in [5, 5.41) is 24.6. The predicted octanol–water partition coefficient (Wildman–Crippen LogP) is 0.383. The minimum atomic E-state index is -3.61. The highest BCUT2D eigenvalue weighted by Gasteiger charge is 2.57. The minimum Gasteiger partial charge on any atom is -0.462 e. The van der Waals surface area contributed by atoms with E-state index in [1.54, 1.807) is 44.2 Å². The zero-order valence-electron chi connectivity index (χ0n) is 21.4. The Morgan fingerprint density at radius 3 is 2.59 bits per heavy atom. The normalized spacial score (nSPS) is 25.0. The van der Waals surface area contributed by atoms with Crippen LogP contribution in [0, 0.1) is 12.3 Å². The zero-order valence-corrected chi connectivity index (χ0v) is 23.1. The van der Waals surface area contributed by atoms with Crippen LogP contribution in [0.2, 0.25) is 0 Å². The minimum absolute atomic E-state index is 0.321. The van der Waals surface area contributed by atoms with Gasteiger partial charge in [0.1, 0.15) is 37.2 Å². The number of para-hydroxylation sites is 1. The van der Waals surface area contributed by atoms with Crippen LogP contribution < -0.4 is 20.9 Å². The number of hydrogen-bond donors (Lipinski definition) is 4. The van der Waals surface area contributed by atoms with Crippen molar-refractivity contribution in [3.05, 3.63) is 63.4 Å². The molecule has 6 unspecified atom stereocenters. The summed E-state index contributed by atoms with van der Waals surface area (Å²) in [6.07, 6.45) is 1.05. The first-order valence-corrected chi connectivity index (χ1v) is 14.4. The van der Waals surface area contributed by atoms with Crippen LogP contribution in [0.4, 0.5) is 0 Å². The Balaban J connectivity index is 1.91. The summed E-state index contributed by atoms with van der Waals surface area (Å²) >= 11 is 5.67. The van der Waals surface area contributed by atoms with Crippen LogP contribution >= 0.6 is 6.64 Å². The number of aromatic amines is 1. The summed E-state index contributed by atoms with van der Waals surface area (Å²) in [7, 11) is 0. The van der Waals surface area contributed by atoms with Crippen molar-refractivity contribution in [1.29, 1.82) is 0 Å². The second-order valence-corrected chi connectivity index (χ2v) is 11.9.